The van der Waals surface area contributed by atoms with Crippen molar-refractivity contribution in [1.29, 1.82) is 0 Å². The Morgan fingerprint density at radius 2 is 2.19 bits per heavy atom. The lowest BCUT2D eigenvalue weighted by Crippen LogP contribution is -2.45. The van der Waals surface area contributed by atoms with E-state index in [1.807, 2.05) is 0 Å². The molecule has 1 heterocycles. The molecule has 2 rings (SSSR count). The van der Waals surface area contributed by atoms with Gasteiger partial charge in [-0.05, 0) is 37.4 Å². The second kappa shape index (κ2) is 4.47. The van der Waals surface area contributed by atoms with E-state index in [1.54, 1.807) is 6.07 Å². The third kappa shape index (κ3) is 2.08. The minimum atomic E-state index is -0.830. The van der Waals surface area contributed by atoms with Gasteiger partial charge in [-0.25, -0.2) is 8.78 Å². The summed E-state index contributed by atoms with van der Waals surface area (Å²) in [5.74, 6) is -1.63. The highest BCUT2D eigenvalue weighted by Gasteiger charge is 2.33. The Kier molecular flexibility index (Phi) is 3.21. The van der Waals surface area contributed by atoms with E-state index >= 15 is 0 Å². The fourth-order valence-corrected chi connectivity index (χ4v) is 2.26. The molecule has 0 saturated carbocycles. The third-order valence-corrected chi connectivity index (χ3v) is 3.20. The van der Waals surface area contributed by atoms with Crippen molar-refractivity contribution in [1.82, 2.24) is 5.32 Å². The maximum absolute atomic E-state index is 13.5. The predicted molar refractivity (Wildman–Crippen MR) is 57.1 cm³/mol. The molecule has 1 saturated heterocycles. The molecular weight excluding hydrogens is 212 g/mol. The number of halogens is 2. The van der Waals surface area contributed by atoms with Gasteiger partial charge in [-0.1, -0.05) is 12.1 Å². The van der Waals surface area contributed by atoms with Gasteiger partial charge in [-0.2, -0.15) is 0 Å². The number of nitrogens with one attached hydrogen (secondary N) is 1. The molecule has 0 amide bonds. The monoisotopic (exact) mass is 227 g/mol. The van der Waals surface area contributed by atoms with Crippen molar-refractivity contribution in [2.75, 3.05) is 13.2 Å². The smallest absolute Gasteiger partial charge is 0.162 e. The Bertz CT molecular complexity index is 375. The third-order valence-electron chi connectivity index (χ3n) is 3.20. The first-order chi connectivity index (χ1) is 7.67. The molecule has 1 aliphatic rings. The van der Waals surface area contributed by atoms with Gasteiger partial charge in [0.1, 0.15) is 0 Å². The van der Waals surface area contributed by atoms with Crippen molar-refractivity contribution in [2.45, 2.75) is 24.8 Å². The average Bonchev–Trinajstić information content (AvgIpc) is 2.74. The molecule has 1 aliphatic heterocycles. The first kappa shape index (κ1) is 11.5. The van der Waals surface area contributed by atoms with E-state index < -0.39 is 17.2 Å². The fraction of sp³-hybridized carbons (Fsp3) is 0.500. The van der Waals surface area contributed by atoms with Gasteiger partial charge in [0.15, 0.2) is 11.6 Å². The van der Waals surface area contributed by atoms with E-state index in [1.165, 1.54) is 6.07 Å². The van der Waals surface area contributed by atoms with Crippen molar-refractivity contribution < 1.29 is 13.9 Å². The molecule has 0 aromatic heterocycles. The van der Waals surface area contributed by atoms with E-state index in [9.17, 15) is 13.9 Å². The molecule has 1 aromatic rings. The minimum Gasteiger partial charge on any atom is -0.394 e. The molecule has 1 aromatic carbocycles. The lowest BCUT2D eigenvalue weighted by Gasteiger charge is -2.27. The number of benzene rings is 1. The molecule has 1 unspecified atom stereocenters. The van der Waals surface area contributed by atoms with Crippen LogP contribution < -0.4 is 5.32 Å². The average molecular weight is 227 g/mol. The van der Waals surface area contributed by atoms with Crippen LogP contribution in [0.4, 0.5) is 8.78 Å². The van der Waals surface area contributed by atoms with Gasteiger partial charge in [0, 0.05) is 5.54 Å². The lowest BCUT2D eigenvalue weighted by molar-refractivity contribution is 0.176. The van der Waals surface area contributed by atoms with Crippen LogP contribution in [0, 0.1) is 11.6 Å². The van der Waals surface area contributed by atoms with Crippen molar-refractivity contribution in [3.63, 3.8) is 0 Å². The van der Waals surface area contributed by atoms with Crippen LogP contribution >= 0.6 is 0 Å². The summed E-state index contributed by atoms with van der Waals surface area (Å²) >= 11 is 0. The standard InChI is InChI=1S/C12H15F2NO/c13-10-4-1-3-9(11(10)14)7-12(8-16)5-2-6-15-12/h1,3-4,15-16H,2,5-8H2. The summed E-state index contributed by atoms with van der Waals surface area (Å²) in [4.78, 5) is 0. The summed E-state index contributed by atoms with van der Waals surface area (Å²) in [6, 6.07) is 4.16. The van der Waals surface area contributed by atoms with Gasteiger partial charge >= 0.3 is 0 Å². The fourth-order valence-electron chi connectivity index (χ4n) is 2.26. The molecule has 4 heteroatoms. The quantitative estimate of drug-likeness (QED) is 0.822. The zero-order valence-corrected chi connectivity index (χ0v) is 8.97. The summed E-state index contributed by atoms with van der Waals surface area (Å²) in [6.45, 7) is 0.764. The van der Waals surface area contributed by atoms with Crippen LogP contribution in [0.3, 0.4) is 0 Å². The van der Waals surface area contributed by atoms with E-state index in [0.29, 0.717) is 12.0 Å². The molecule has 0 bridgehead atoms. The molecular formula is C12H15F2NO. The molecule has 0 radical (unpaired) electrons. The molecule has 88 valence electrons. The number of hydrogen-bond acceptors (Lipinski definition) is 2. The van der Waals surface area contributed by atoms with Crippen molar-refractivity contribution in [3.05, 3.63) is 35.4 Å². The number of hydrogen-bond donors (Lipinski definition) is 2. The van der Waals surface area contributed by atoms with E-state index in [-0.39, 0.29) is 6.61 Å². The van der Waals surface area contributed by atoms with E-state index in [0.717, 1.165) is 25.5 Å². The highest BCUT2D eigenvalue weighted by atomic mass is 19.2. The summed E-state index contributed by atoms with van der Waals surface area (Å²) < 4.78 is 26.5. The van der Waals surface area contributed by atoms with E-state index in [4.69, 9.17) is 0 Å². The summed E-state index contributed by atoms with van der Waals surface area (Å²) in [5.41, 5.74) is -0.155. The highest BCUT2D eigenvalue weighted by Crippen LogP contribution is 2.25. The van der Waals surface area contributed by atoms with Crippen molar-refractivity contribution in [2.24, 2.45) is 0 Å². The number of rotatable bonds is 3. The maximum Gasteiger partial charge on any atom is 0.162 e. The zero-order chi connectivity index (χ0) is 11.6. The van der Waals surface area contributed by atoms with Crippen LogP contribution in [0.5, 0.6) is 0 Å². The second-order valence-corrected chi connectivity index (χ2v) is 4.36. The molecule has 2 N–H and O–H groups in total. The summed E-state index contributed by atoms with van der Waals surface area (Å²) in [7, 11) is 0. The molecule has 0 aliphatic carbocycles. The summed E-state index contributed by atoms with van der Waals surface area (Å²) in [5, 5.41) is 12.5. The van der Waals surface area contributed by atoms with Crippen LogP contribution in [-0.2, 0) is 6.42 Å². The Hall–Kier alpha value is -1.00. The molecule has 2 nitrogen and oxygen atoms in total. The molecule has 1 atom stereocenters. The van der Waals surface area contributed by atoms with Crippen LogP contribution in [0.25, 0.3) is 0 Å². The predicted octanol–water partition coefficient (Wildman–Crippen LogP) is 1.62. The first-order valence-electron chi connectivity index (χ1n) is 5.46. The van der Waals surface area contributed by atoms with Crippen molar-refractivity contribution >= 4 is 0 Å². The number of aliphatic hydroxyl groups is 1. The SMILES string of the molecule is OCC1(Cc2cccc(F)c2F)CCCN1. The zero-order valence-electron chi connectivity index (χ0n) is 8.97. The Labute approximate surface area is 93.3 Å². The maximum atomic E-state index is 13.5. The largest absolute Gasteiger partial charge is 0.394 e. The van der Waals surface area contributed by atoms with Gasteiger partial charge < -0.3 is 10.4 Å². The topological polar surface area (TPSA) is 32.3 Å². The second-order valence-electron chi connectivity index (χ2n) is 4.36. The van der Waals surface area contributed by atoms with Gasteiger partial charge in [0.2, 0.25) is 0 Å². The molecule has 16 heavy (non-hydrogen) atoms. The summed E-state index contributed by atoms with van der Waals surface area (Å²) in [6.07, 6.45) is 2.07. The minimum absolute atomic E-state index is 0.0526. The molecule has 0 spiro atoms. The van der Waals surface area contributed by atoms with E-state index in [2.05, 4.69) is 5.32 Å². The Balaban J connectivity index is 2.22. The lowest BCUT2D eigenvalue weighted by atomic mass is 9.90. The van der Waals surface area contributed by atoms with Crippen LogP contribution in [0.15, 0.2) is 18.2 Å². The van der Waals surface area contributed by atoms with Crippen LogP contribution in [-0.4, -0.2) is 23.8 Å². The van der Waals surface area contributed by atoms with Crippen LogP contribution in [0.2, 0.25) is 0 Å². The van der Waals surface area contributed by atoms with Gasteiger partial charge in [0.25, 0.3) is 0 Å². The van der Waals surface area contributed by atoms with Gasteiger partial charge in [-0.15, -0.1) is 0 Å². The van der Waals surface area contributed by atoms with Gasteiger partial charge in [0.05, 0.1) is 6.61 Å². The number of aliphatic hydroxyl groups excluding tert-OH is 1. The van der Waals surface area contributed by atoms with Gasteiger partial charge in [-0.3, -0.25) is 0 Å². The Morgan fingerprint density at radius 3 is 2.81 bits per heavy atom. The highest BCUT2D eigenvalue weighted by molar-refractivity contribution is 5.22. The van der Waals surface area contributed by atoms with Crippen molar-refractivity contribution in [3.8, 4) is 0 Å². The first-order valence-corrected chi connectivity index (χ1v) is 5.46. The molecule has 1 fully saturated rings. The normalized spacial score (nSPS) is 24.9. The van der Waals surface area contributed by atoms with Crippen LogP contribution in [0.1, 0.15) is 18.4 Å². The Morgan fingerprint density at radius 1 is 1.38 bits per heavy atom.